The van der Waals surface area contributed by atoms with Crippen LogP contribution in [0.15, 0.2) is 12.7 Å². The van der Waals surface area contributed by atoms with Crippen LogP contribution in [0.1, 0.15) is 12.8 Å². The molecule has 8 heteroatoms. The van der Waals surface area contributed by atoms with Crippen LogP contribution in [0.4, 0.5) is 0 Å². The van der Waals surface area contributed by atoms with Crippen molar-refractivity contribution in [3.05, 3.63) is 12.7 Å². The Morgan fingerprint density at radius 1 is 1.35 bits per heavy atom. The van der Waals surface area contributed by atoms with E-state index in [1.807, 2.05) is 0 Å². The maximum absolute atomic E-state index is 11.3. The normalized spacial score (nSPS) is 19.7. The number of epoxide rings is 1. The first kappa shape index (κ1) is 16.1. The summed E-state index contributed by atoms with van der Waals surface area (Å²) < 4.78 is 14.7. The van der Waals surface area contributed by atoms with Gasteiger partial charge >= 0.3 is 17.9 Å². The lowest BCUT2D eigenvalue weighted by atomic mass is 9.93. The zero-order valence-corrected chi connectivity index (χ0v) is 10.7. The zero-order valence-electron chi connectivity index (χ0n) is 10.7. The van der Waals surface area contributed by atoms with E-state index in [-0.39, 0.29) is 25.7 Å². The second-order valence-electron chi connectivity index (χ2n) is 4.25. The topological polar surface area (TPSA) is 123 Å². The van der Waals surface area contributed by atoms with E-state index in [9.17, 15) is 19.5 Å². The van der Waals surface area contributed by atoms with E-state index >= 15 is 0 Å². The molecule has 8 nitrogen and oxygen atoms in total. The van der Waals surface area contributed by atoms with Crippen molar-refractivity contribution in [3.63, 3.8) is 0 Å². The third-order valence-electron chi connectivity index (χ3n) is 2.66. The number of carbonyl (C=O) groups excluding carboxylic acids is 1. The number of carboxylic acid groups (broad SMARTS) is 2. The summed E-state index contributed by atoms with van der Waals surface area (Å²) in [5, 5.41) is 18.1. The van der Waals surface area contributed by atoms with Crippen molar-refractivity contribution in [2.24, 2.45) is 0 Å². The second kappa shape index (κ2) is 7.01. The van der Waals surface area contributed by atoms with Crippen LogP contribution in [-0.2, 0) is 28.6 Å². The second-order valence-corrected chi connectivity index (χ2v) is 4.25. The predicted molar refractivity (Wildman–Crippen MR) is 64.1 cm³/mol. The summed E-state index contributed by atoms with van der Waals surface area (Å²) >= 11 is 0. The third kappa shape index (κ3) is 4.98. The first-order valence-corrected chi connectivity index (χ1v) is 5.89. The first-order valence-electron chi connectivity index (χ1n) is 5.89. The number of hydrogen-bond donors (Lipinski definition) is 2. The molecule has 112 valence electrons. The highest BCUT2D eigenvalue weighted by molar-refractivity contribution is 5.84. The van der Waals surface area contributed by atoms with Crippen molar-refractivity contribution in [2.45, 2.75) is 24.5 Å². The van der Waals surface area contributed by atoms with Gasteiger partial charge in [-0.2, -0.15) is 0 Å². The zero-order chi connectivity index (χ0) is 15.2. The molecule has 0 aromatic heterocycles. The van der Waals surface area contributed by atoms with Gasteiger partial charge in [0.2, 0.25) is 0 Å². The standard InChI is InChI=1S/C12H16O8/c1-2-10(15)18-3-4-20-12(11(16)17,6-9(13)14)5-8-7-19-8/h2,8H,1,3-7H2,(H,13,14)(H,16,17). The van der Waals surface area contributed by atoms with Crippen molar-refractivity contribution in [1.82, 2.24) is 0 Å². The molecule has 1 heterocycles. The van der Waals surface area contributed by atoms with Gasteiger partial charge in [-0.25, -0.2) is 9.59 Å². The minimum Gasteiger partial charge on any atom is -0.481 e. The number of ether oxygens (including phenoxy) is 3. The molecule has 0 spiro atoms. The van der Waals surface area contributed by atoms with Gasteiger partial charge in [0.15, 0.2) is 5.60 Å². The third-order valence-corrected chi connectivity index (χ3v) is 2.66. The van der Waals surface area contributed by atoms with Gasteiger partial charge in [-0.15, -0.1) is 0 Å². The Labute approximate surface area is 114 Å². The fraction of sp³-hybridized carbons (Fsp3) is 0.583. The maximum atomic E-state index is 11.3. The largest absolute Gasteiger partial charge is 0.481 e. The molecule has 1 aliphatic heterocycles. The fourth-order valence-corrected chi connectivity index (χ4v) is 1.64. The van der Waals surface area contributed by atoms with Crippen LogP contribution in [0.2, 0.25) is 0 Å². The molecule has 2 N–H and O–H groups in total. The van der Waals surface area contributed by atoms with Crippen LogP contribution in [0, 0.1) is 0 Å². The van der Waals surface area contributed by atoms with Crippen molar-refractivity contribution in [2.75, 3.05) is 19.8 Å². The highest BCUT2D eigenvalue weighted by Crippen LogP contribution is 2.29. The quantitative estimate of drug-likeness (QED) is 0.245. The van der Waals surface area contributed by atoms with E-state index in [0.717, 1.165) is 6.08 Å². The Bertz CT molecular complexity index is 400. The molecule has 2 unspecified atom stereocenters. The summed E-state index contributed by atoms with van der Waals surface area (Å²) in [5.41, 5.74) is -1.88. The lowest BCUT2D eigenvalue weighted by molar-refractivity contribution is -0.177. The molecule has 0 saturated carbocycles. The van der Waals surface area contributed by atoms with E-state index in [2.05, 4.69) is 11.3 Å². The average Bonchev–Trinajstić information content (AvgIpc) is 3.16. The highest BCUT2D eigenvalue weighted by atomic mass is 16.6. The SMILES string of the molecule is C=CC(=O)OCCOC(CC(=O)O)(CC1CO1)C(=O)O. The fourth-order valence-electron chi connectivity index (χ4n) is 1.64. The van der Waals surface area contributed by atoms with Crippen LogP contribution in [0.5, 0.6) is 0 Å². The Morgan fingerprint density at radius 3 is 2.45 bits per heavy atom. The van der Waals surface area contributed by atoms with Gasteiger partial charge < -0.3 is 24.4 Å². The van der Waals surface area contributed by atoms with E-state index in [4.69, 9.17) is 14.6 Å². The number of carboxylic acids is 2. The molecule has 1 saturated heterocycles. The Morgan fingerprint density at radius 2 is 2.00 bits per heavy atom. The molecule has 20 heavy (non-hydrogen) atoms. The number of rotatable bonds is 10. The van der Waals surface area contributed by atoms with Gasteiger partial charge in [-0.05, 0) is 0 Å². The first-order chi connectivity index (χ1) is 9.39. The number of hydrogen-bond acceptors (Lipinski definition) is 6. The van der Waals surface area contributed by atoms with E-state index in [1.165, 1.54) is 0 Å². The van der Waals surface area contributed by atoms with Gasteiger partial charge in [0.25, 0.3) is 0 Å². The van der Waals surface area contributed by atoms with Crippen LogP contribution < -0.4 is 0 Å². The minimum atomic E-state index is -1.88. The minimum absolute atomic E-state index is 0.0654. The molecule has 0 radical (unpaired) electrons. The lowest BCUT2D eigenvalue weighted by Gasteiger charge is -2.27. The summed E-state index contributed by atoms with van der Waals surface area (Å²) in [6, 6.07) is 0. The Hall–Kier alpha value is -1.93. The molecule has 2 atom stereocenters. The summed E-state index contributed by atoms with van der Waals surface area (Å²) in [4.78, 5) is 33.0. The highest BCUT2D eigenvalue weighted by Gasteiger charge is 2.47. The lowest BCUT2D eigenvalue weighted by Crippen LogP contribution is -2.45. The molecule has 1 rings (SSSR count). The van der Waals surface area contributed by atoms with Gasteiger partial charge in [0.1, 0.15) is 6.61 Å². The van der Waals surface area contributed by atoms with Crippen LogP contribution in [-0.4, -0.2) is 59.6 Å². The van der Waals surface area contributed by atoms with Gasteiger partial charge in [-0.3, -0.25) is 4.79 Å². The van der Waals surface area contributed by atoms with Crippen molar-refractivity contribution in [1.29, 1.82) is 0 Å². The molecule has 0 aromatic carbocycles. The monoisotopic (exact) mass is 288 g/mol. The van der Waals surface area contributed by atoms with Crippen LogP contribution >= 0.6 is 0 Å². The predicted octanol–water partition coefficient (Wildman–Crippen LogP) is -0.181. The number of aliphatic carboxylic acids is 2. The molecule has 0 amide bonds. The number of esters is 1. The van der Waals surface area contributed by atoms with E-state index in [0.29, 0.717) is 6.61 Å². The van der Waals surface area contributed by atoms with E-state index in [1.54, 1.807) is 0 Å². The molecule has 1 fully saturated rings. The molecular formula is C12H16O8. The average molecular weight is 288 g/mol. The molecular weight excluding hydrogens is 272 g/mol. The molecule has 1 aliphatic rings. The van der Waals surface area contributed by atoms with Crippen molar-refractivity contribution in [3.8, 4) is 0 Å². The summed E-state index contributed by atoms with van der Waals surface area (Å²) in [6.07, 6.45) is -0.123. The summed E-state index contributed by atoms with van der Waals surface area (Å²) in [7, 11) is 0. The smallest absolute Gasteiger partial charge is 0.336 e. The maximum Gasteiger partial charge on any atom is 0.336 e. The number of carbonyl (C=O) groups is 3. The Balaban J connectivity index is 2.59. The Kier molecular flexibility index (Phi) is 5.66. The molecule has 0 aliphatic carbocycles. The molecule has 0 bridgehead atoms. The molecule has 0 aromatic rings. The van der Waals surface area contributed by atoms with Gasteiger partial charge in [0.05, 0.1) is 25.7 Å². The van der Waals surface area contributed by atoms with Gasteiger partial charge in [0, 0.05) is 12.5 Å². The summed E-state index contributed by atoms with van der Waals surface area (Å²) in [6.45, 7) is 3.16. The van der Waals surface area contributed by atoms with Crippen LogP contribution in [0.25, 0.3) is 0 Å². The van der Waals surface area contributed by atoms with Crippen LogP contribution in [0.3, 0.4) is 0 Å². The van der Waals surface area contributed by atoms with Crippen molar-refractivity contribution < 1.29 is 38.8 Å². The van der Waals surface area contributed by atoms with E-state index < -0.39 is 29.9 Å². The van der Waals surface area contributed by atoms with Gasteiger partial charge in [-0.1, -0.05) is 6.58 Å². The summed E-state index contributed by atoms with van der Waals surface area (Å²) in [5.74, 6) is -3.35. The van der Waals surface area contributed by atoms with Crippen molar-refractivity contribution >= 4 is 17.9 Å².